The Morgan fingerprint density at radius 1 is 1.06 bits per heavy atom. The quantitative estimate of drug-likeness (QED) is 0.596. The molecule has 3 aromatic rings. The number of hydrogen-bond acceptors (Lipinski definition) is 5. The van der Waals surface area contributed by atoms with Gasteiger partial charge in [-0.25, -0.2) is 4.98 Å². The van der Waals surface area contributed by atoms with Crippen LogP contribution in [0.4, 0.5) is 5.82 Å². The van der Waals surface area contributed by atoms with E-state index < -0.39 is 5.41 Å². The Kier molecular flexibility index (Phi) is 7.04. The molecule has 6 nitrogen and oxygen atoms in total. The predicted octanol–water partition coefficient (Wildman–Crippen LogP) is 4.10. The maximum atomic E-state index is 13.7. The number of anilines is 1. The van der Waals surface area contributed by atoms with Crippen LogP contribution in [0.15, 0.2) is 67.1 Å². The first kappa shape index (κ1) is 22.9. The third-order valence-corrected chi connectivity index (χ3v) is 6.58. The summed E-state index contributed by atoms with van der Waals surface area (Å²) in [6, 6.07) is 16.6. The normalized spacial score (nSPS) is 18.6. The summed E-state index contributed by atoms with van der Waals surface area (Å²) in [6.07, 6.45) is 8.04. The van der Waals surface area contributed by atoms with Crippen molar-refractivity contribution in [3.63, 3.8) is 0 Å². The van der Waals surface area contributed by atoms with E-state index in [1.54, 1.807) is 11.1 Å². The molecular formula is C27H33N5O. The lowest BCUT2D eigenvalue weighted by Crippen LogP contribution is -2.52. The number of rotatable bonds is 7. The molecule has 3 heterocycles. The van der Waals surface area contributed by atoms with Crippen molar-refractivity contribution in [3.8, 4) is 11.1 Å². The van der Waals surface area contributed by atoms with Crippen molar-refractivity contribution < 1.29 is 4.79 Å². The van der Waals surface area contributed by atoms with E-state index in [-0.39, 0.29) is 5.91 Å². The van der Waals surface area contributed by atoms with Crippen LogP contribution in [0.1, 0.15) is 24.0 Å². The van der Waals surface area contributed by atoms with Crippen molar-refractivity contribution in [1.29, 1.82) is 0 Å². The number of nitrogens with one attached hydrogen (secondary N) is 1. The molecule has 1 fully saturated rings. The number of piperidine rings is 1. The third-order valence-electron chi connectivity index (χ3n) is 6.58. The van der Waals surface area contributed by atoms with E-state index in [1.807, 2.05) is 51.7 Å². The van der Waals surface area contributed by atoms with E-state index in [4.69, 9.17) is 0 Å². The Morgan fingerprint density at radius 3 is 2.58 bits per heavy atom. The number of nitrogens with zero attached hydrogens (tertiary/aromatic N) is 4. The van der Waals surface area contributed by atoms with Gasteiger partial charge in [-0.05, 0) is 60.7 Å². The molecule has 0 unspecified atom stereocenters. The van der Waals surface area contributed by atoms with E-state index in [2.05, 4.69) is 50.5 Å². The van der Waals surface area contributed by atoms with Gasteiger partial charge < -0.3 is 10.2 Å². The van der Waals surface area contributed by atoms with Crippen molar-refractivity contribution in [3.05, 3.63) is 78.2 Å². The van der Waals surface area contributed by atoms with Crippen LogP contribution in [0.25, 0.3) is 11.1 Å². The molecule has 0 saturated carbocycles. The largest absolute Gasteiger partial charge is 0.373 e. The molecule has 1 aliphatic rings. The number of likely N-dealkylation sites (tertiary alicyclic amines) is 1. The van der Waals surface area contributed by atoms with Crippen LogP contribution in [-0.2, 0) is 17.8 Å². The maximum Gasteiger partial charge on any atom is 0.229 e. The van der Waals surface area contributed by atoms with Gasteiger partial charge >= 0.3 is 0 Å². The summed E-state index contributed by atoms with van der Waals surface area (Å²) < 4.78 is 0. The minimum atomic E-state index is -0.465. The molecular weight excluding hydrogens is 410 g/mol. The van der Waals surface area contributed by atoms with Crippen molar-refractivity contribution in [2.45, 2.75) is 25.8 Å². The lowest BCUT2D eigenvalue weighted by molar-refractivity contribution is -0.143. The van der Waals surface area contributed by atoms with Gasteiger partial charge in [0.1, 0.15) is 5.82 Å². The van der Waals surface area contributed by atoms with Gasteiger partial charge in [0.2, 0.25) is 5.91 Å². The van der Waals surface area contributed by atoms with Crippen LogP contribution in [0.3, 0.4) is 0 Å². The average molecular weight is 444 g/mol. The van der Waals surface area contributed by atoms with Crippen molar-refractivity contribution in [2.24, 2.45) is 5.41 Å². The molecule has 6 heteroatoms. The Morgan fingerprint density at radius 2 is 1.82 bits per heavy atom. The third kappa shape index (κ3) is 5.06. The van der Waals surface area contributed by atoms with Crippen LogP contribution in [0, 0.1) is 5.41 Å². The lowest BCUT2D eigenvalue weighted by Gasteiger charge is -2.43. The van der Waals surface area contributed by atoms with Gasteiger partial charge in [-0.1, -0.05) is 30.3 Å². The summed E-state index contributed by atoms with van der Waals surface area (Å²) in [5.74, 6) is 1.10. The Bertz CT molecular complexity index is 1080. The standard InChI is InChI=1S/C27H33N5O/c1-28-25-23(9-6-14-30-25)19-32-17-7-13-27(20-32,26(33)31(2)3)18-22-8-4-5-10-24(22)21-11-15-29-16-12-21/h4-6,8-12,14-16H,7,13,17-20H2,1-3H3,(H,28,30)/t27-/m0/s1. The number of pyridine rings is 2. The molecule has 0 aliphatic carbocycles. The first-order chi connectivity index (χ1) is 16.0. The van der Waals surface area contributed by atoms with E-state index >= 15 is 0 Å². The van der Waals surface area contributed by atoms with E-state index in [0.29, 0.717) is 6.42 Å². The molecule has 1 atom stereocenters. The molecule has 2 aromatic heterocycles. The van der Waals surface area contributed by atoms with Crippen LogP contribution < -0.4 is 5.32 Å². The van der Waals surface area contributed by atoms with Crippen molar-refractivity contribution >= 4 is 11.7 Å². The van der Waals surface area contributed by atoms with Gasteiger partial charge in [-0.3, -0.25) is 14.7 Å². The van der Waals surface area contributed by atoms with E-state index in [1.165, 1.54) is 11.1 Å². The zero-order valence-electron chi connectivity index (χ0n) is 19.8. The Hall–Kier alpha value is -3.25. The monoisotopic (exact) mass is 443 g/mol. The maximum absolute atomic E-state index is 13.7. The second-order valence-electron chi connectivity index (χ2n) is 9.13. The zero-order chi connectivity index (χ0) is 23.3. The molecule has 1 amide bonds. The molecule has 1 aromatic carbocycles. The minimum Gasteiger partial charge on any atom is -0.373 e. The molecule has 1 aliphatic heterocycles. The van der Waals surface area contributed by atoms with Gasteiger partial charge in [-0.2, -0.15) is 0 Å². The van der Waals surface area contributed by atoms with Crippen LogP contribution in [0.2, 0.25) is 0 Å². The summed E-state index contributed by atoms with van der Waals surface area (Å²) in [5, 5.41) is 3.19. The second kappa shape index (κ2) is 10.1. The molecule has 33 heavy (non-hydrogen) atoms. The van der Waals surface area contributed by atoms with Gasteiger partial charge in [0.25, 0.3) is 0 Å². The van der Waals surface area contributed by atoms with Crippen LogP contribution in [-0.4, -0.2) is 59.9 Å². The number of carbonyl (C=O) groups is 1. The lowest BCUT2D eigenvalue weighted by atomic mass is 9.73. The number of benzene rings is 1. The van der Waals surface area contributed by atoms with Crippen LogP contribution in [0.5, 0.6) is 0 Å². The Balaban J connectivity index is 1.66. The summed E-state index contributed by atoms with van der Waals surface area (Å²) in [6.45, 7) is 2.48. The predicted molar refractivity (Wildman–Crippen MR) is 133 cm³/mol. The Labute approximate surface area is 196 Å². The van der Waals surface area contributed by atoms with Crippen molar-refractivity contribution in [1.82, 2.24) is 19.8 Å². The second-order valence-corrected chi connectivity index (χ2v) is 9.13. The zero-order valence-corrected chi connectivity index (χ0v) is 19.8. The van der Waals surface area contributed by atoms with Gasteiger partial charge in [0, 0.05) is 58.4 Å². The first-order valence-corrected chi connectivity index (χ1v) is 11.6. The highest BCUT2D eigenvalue weighted by Crippen LogP contribution is 2.38. The molecule has 1 saturated heterocycles. The fourth-order valence-corrected chi connectivity index (χ4v) is 5.12. The molecule has 4 rings (SSSR count). The van der Waals surface area contributed by atoms with Crippen molar-refractivity contribution in [2.75, 3.05) is 39.5 Å². The highest BCUT2D eigenvalue weighted by Gasteiger charge is 2.43. The number of carbonyl (C=O) groups excluding carboxylic acids is 1. The molecule has 0 bridgehead atoms. The summed E-state index contributed by atoms with van der Waals surface area (Å²) in [5.41, 5.74) is 4.21. The topological polar surface area (TPSA) is 61.4 Å². The summed E-state index contributed by atoms with van der Waals surface area (Å²) >= 11 is 0. The SMILES string of the molecule is CNc1ncccc1CN1CCC[C@@](Cc2ccccc2-c2ccncc2)(C(=O)N(C)C)C1. The first-order valence-electron chi connectivity index (χ1n) is 11.6. The van der Waals surface area contributed by atoms with E-state index in [9.17, 15) is 4.79 Å². The van der Waals surface area contributed by atoms with Crippen LogP contribution >= 0.6 is 0 Å². The average Bonchev–Trinajstić information content (AvgIpc) is 2.85. The molecule has 0 spiro atoms. The highest BCUT2D eigenvalue weighted by molar-refractivity contribution is 5.83. The fourth-order valence-electron chi connectivity index (χ4n) is 5.12. The molecule has 0 radical (unpaired) electrons. The highest BCUT2D eigenvalue weighted by atomic mass is 16.2. The molecule has 172 valence electrons. The number of amides is 1. The molecule has 1 N–H and O–H groups in total. The van der Waals surface area contributed by atoms with Gasteiger partial charge in [0.15, 0.2) is 0 Å². The summed E-state index contributed by atoms with van der Waals surface area (Å²) in [7, 11) is 5.65. The number of hydrogen-bond donors (Lipinski definition) is 1. The minimum absolute atomic E-state index is 0.205. The fraction of sp³-hybridized carbons (Fsp3) is 0.370. The van der Waals surface area contributed by atoms with Gasteiger partial charge in [-0.15, -0.1) is 0 Å². The summed E-state index contributed by atoms with van der Waals surface area (Å²) in [4.78, 5) is 26.5. The number of aromatic nitrogens is 2. The smallest absolute Gasteiger partial charge is 0.229 e. The van der Waals surface area contributed by atoms with Gasteiger partial charge in [0.05, 0.1) is 5.41 Å². The van der Waals surface area contributed by atoms with E-state index in [0.717, 1.165) is 49.4 Å².